The summed E-state index contributed by atoms with van der Waals surface area (Å²) in [4.78, 5) is 4.30. The van der Waals surface area contributed by atoms with Crippen LogP contribution in [0.4, 0.5) is 0 Å². The Bertz CT molecular complexity index is 372. The van der Waals surface area contributed by atoms with Gasteiger partial charge in [-0.1, -0.05) is 51.0 Å². The van der Waals surface area contributed by atoms with E-state index >= 15 is 0 Å². The van der Waals surface area contributed by atoms with Gasteiger partial charge in [0.2, 0.25) is 0 Å². The summed E-state index contributed by atoms with van der Waals surface area (Å²) in [5.41, 5.74) is 8.45. The van der Waals surface area contributed by atoms with E-state index in [4.69, 9.17) is 5.73 Å². The zero-order valence-corrected chi connectivity index (χ0v) is 11.4. The Morgan fingerprint density at radius 2 is 2.18 bits per heavy atom. The van der Waals surface area contributed by atoms with E-state index in [9.17, 15) is 0 Å². The van der Waals surface area contributed by atoms with Crippen LogP contribution in [0, 0.1) is 11.8 Å². The molecular formula is C15H24N2. The van der Waals surface area contributed by atoms with Crippen LogP contribution in [-0.2, 0) is 0 Å². The van der Waals surface area contributed by atoms with Crippen molar-refractivity contribution in [2.75, 3.05) is 0 Å². The van der Waals surface area contributed by atoms with Gasteiger partial charge >= 0.3 is 0 Å². The van der Waals surface area contributed by atoms with Crippen LogP contribution >= 0.6 is 0 Å². The van der Waals surface area contributed by atoms with Crippen molar-refractivity contribution in [3.63, 3.8) is 0 Å². The second kappa shape index (κ2) is 6.43. The van der Waals surface area contributed by atoms with Crippen molar-refractivity contribution >= 4 is 5.84 Å². The molecule has 0 aromatic heterocycles. The first-order valence-corrected chi connectivity index (χ1v) is 6.45. The Balaban J connectivity index is 2.82. The highest BCUT2D eigenvalue weighted by Gasteiger charge is 2.19. The van der Waals surface area contributed by atoms with Gasteiger partial charge in [-0.2, -0.15) is 0 Å². The molecular weight excluding hydrogens is 208 g/mol. The molecule has 0 saturated carbocycles. The van der Waals surface area contributed by atoms with Crippen molar-refractivity contribution in [3.05, 3.63) is 35.6 Å². The minimum atomic E-state index is 0.545. The van der Waals surface area contributed by atoms with E-state index in [-0.39, 0.29) is 0 Å². The van der Waals surface area contributed by atoms with Gasteiger partial charge in [0.15, 0.2) is 0 Å². The average molecular weight is 232 g/mol. The van der Waals surface area contributed by atoms with Gasteiger partial charge < -0.3 is 5.73 Å². The van der Waals surface area contributed by atoms with Gasteiger partial charge in [0.1, 0.15) is 5.84 Å². The van der Waals surface area contributed by atoms with Crippen LogP contribution in [0.3, 0.4) is 0 Å². The minimum Gasteiger partial charge on any atom is -0.383 e. The van der Waals surface area contributed by atoms with Gasteiger partial charge in [-0.05, 0) is 25.2 Å². The molecule has 0 fully saturated rings. The fourth-order valence-corrected chi connectivity index (χ4v) is 1.92. The van der Waals surface area contributed by atoms with Crippen LogP contribution in [0.15, 0.2) is 40.6 Å². The van der Waals surface area contributed by atoms with E-state index in [2.05, 4.69) is 50.9 Å². The Morgan fingerprint density at radius 1 is 1.47 bits per heavy atom. The summed E-state index contributed by atoms with van der Waals surface area (Å²) >= 11 is 0. The fraction of sp³-hybridized carbons (Fsp3) is 0.533. The van der Waals surface area contributed by atoms with Crippen LogP contribution in [0.5, 0.6) is 0 Å². The Kier molecular flexibility index (Phi) is 5.20. The molecule has 2 atom stereocenters. The summed E-state index contributed by atoms with van der Waals surface area (Å²) in [5, 5.41) is 0. The van der Waals surface area contributed by atoms with E-state index in [1.54, 1.807) is 0 Å². The molecule has 1 aliphatic carbocycles. The molecule has 0 saturated heterocycles. The lowest BCUT2D eigenvalue weighted by atomic mass is 9.82. The minimum absolute atomic E-state index is 0.545. The largest absolute Gasteiger partial charge is 0.383 e. The molecule has 0 bridgehead atoms. The van der Waals surface area contributed by atoms with Crippen LogP contribution in [0.25, 0.3) is 0 Å². The SMILES string of the molecule is CCC/C=C/N=C(/N)C1=C(C)C(C)C(C)C=C1. The molecule has 0 aromatic carbocycles. The maximum absolute atomic E-state index is 6.02. The smallest absolute Gasteiger partial charge is 0.130 e. The van der Waals surface area contributed by atoms with Gasteiger partial charge in [0, 0.05) is 11.8 Å². The van der Waals surface area contributed by atoms with Crippen molar-refractivity contribution in [2.24, 2.45) is 22.6 Å². The molecule has 0 aliphatic heterocycles. The summed E-state index contributed by atoms with van der Waals surface area (Å²) < 4.78 is 0. The molecule has 0 amide bonds. The van der Waals surface area contributed by atoms with Crippen LogP contribution in [0.1, 0.15) is 40.5 Å². The molecule has 17 heavy (non-hydrogen) atoms. The number of amidine groups is 1. The van der Waals surface area contributed by atoms with E-state index < -0.39 is 0 Å². The summed E-state index contributed by atoms with van der Waals surface area (Å²) in [6.07, 6.45) is 10.4. The number of unbranched alkanes of at least 4 members (excludes halogenated alkanes) is 1. The average Bonchev–Trinajstić information content (AvgIpc) is 2.31. The van der Waals surface area contributed by atoms with Crippen molar-refractivity contribution < 1.29 is 0 Å². The first kappa shape index (κ1) is 13.8. The molecule has 94 valence electrons. The van der Waals surface area contributed by atoms with Gasteiger partial charge in [-0.25, -0.2) is 4.99 Å². The molecule has 2 nitrogen and oxygen atoms in total. The van der Waals surface area contributed by atoms with Gasteiger partial charge in [0.25, 0.3) is 0 Å². The molecule has 0 spiro atoms. The Morgan fingerprint density at radius 3 is 2.82 bits per heavy atom. The monoisotopic (exact) mass is 232 g/mol. The third-order valence-electron chi connectivity index (χ3n) is 3.51. The predicted octanol–water partition coefficient (Wildman–Crippen LogP) is 3.82. The van der Waals surface area contributed by atoms with E-state index in [1.165, 1.54) is 5.57 Å². The van der Waals surface area contributed by atoms with E-state index in [1.807, 2.05) is 6.20 Å². The third-order valence-corrected chi connectivity index (χ3v) is 3.51. The van der Waals surface area contributed by atoms with Crippen LogP contribution in [-0.4, -0.2) is 5.84 Å². The Labute approximate surface area is 105 Å². The maximum Gasteiger partial charge on any atom is 0.130 e. The lowest BCUT2D eigenvalue weighted by Crippen LogP contribution is -2.21. The van der Waals surface area contributed by atoms with Crippen LogP contribution < -0.4 is 5.73 Å². The number of nitrogens with zero attached hydrogens (tertiary/aromatic N) is 1. The first-order valence-electron chi connectivity index (χ1n) is 6.45. The van der Waals surface area contributed by atoms with E-state index in [0.717, 1.165) is 18.4 Å². The number of hydrogen-bond donors (Lipinski definition) is 1. The third kappa shape index (κ3) is 3.58. The molecule has 0 heterocycles. The standard InChI is InChI=1S/C15H24N2/c1-5-6-7-10-17-15(16)14-9-8-11(2)12(3)13(14)4/h7-12H,5-6H2,1-4H3,(H2,16,17)/b10-7+. The second-order valence-corrected chi connectivity index (χ2v) is 4.79. The summed E-state index contributed by atoms with van der Waals surface area (Å²) in [6.45, 7) is 8.77. The zero-order valence-electron chi connectivity index (χ0n) is 11.4. The molecule has 2 unspecified atom stereocenters. The molecule has 0 radical (unpaired) electrons. The maximum atomic E-state index is 6.02. The molecule has 2 N–H and O–H groups in total. The summed E-state index contributed by atoms with van der Waals surface area (Å²) in [7, 11) is 0. The highest BCUT2D eigenvalue weighted by atomic mass is 14.8. The van der Waals surface area contributed by atoms with Crippen molar-refractivity contribution in [1.29, 1.82) is 0 Å². The van der Waals surface area contributed by atoms with Crippen molar-refractivity contribution in [2.45, 2.75) is 40.5 Å². The summed E-state index contributed by atoms with van der Waals surface area (Å²) in [6, 6.07) is 0. The van der Waals surface area contributed by atoms with Crippen molar-refractivity contribution in [1.82, 2.24) is 0 Å². The number of hydrogen-bond acceptors (Lipinski definition) is 1. The highest BCUT2D eigenvalue weighted by Crippen LogP contribution is 2.29. The molecule has 1 aliphatic rings. The number of nitrogens with two attached hydrogens (primary N) is 1. The quantitative estimate of drug-likeness (QED) is 0.581. The lowest BCUT2D eigenvalue weighted by Gasteiger charge is -2.24. The molecule has 2 heteroatoms. The topological polar surface area (TPSA) is 38.4 Å². The first-order chi connectivity index (χ1) is 8.07. The lowest BCUT2D eigenvalue weighted by molar-refractivity contribution is 0.520. The van der Waals surface area contributed by atoms with Gasteiger partial charge in [-0.15, -0.1) is 0 Å². The number of allylic oxidation sites excluding steroid dienone is 3. The molecule has 1 rings (SSSR count). The van der Waals surface area contributed by atoms with Gasteiger partial charge in [0.05, 0.1) is 0 Å². The van der Waals surface area contributed by atoms with E-state index in [0.29, 0.717) is 17.7 Å². The highest BCUT2D eigenvalue weighted by molar-refractivity contribution is 6.00. The molecule has 0 aromatic rings. The number of aliphatic imine (C=N–C) groups is 1. The van der Waals surface area contributed by atoms with Gasteiger partial charge in [-0.3, -0.25) is 0 Å². The Hall–Kier alpha value is -1.31. The summed E-state index contributed by atoms with van der Waals surface area (Å²) in [5.74, 6) is 1.76. The fourth-order valence-electron chi connectivity index (χ4n) is 1.92. The zero-order chi connectivity index (χ0) is 12.8. The number of rotatable bonds is 4. The van der Waals surface area contributed by atoms with Crippen LogP contribution in [0.2, 0.25) is 0 Å². The second-order valence-electron chi connectivity index (χ2n) is 4.79. The predicted molar refractivity (Wildman–Crippen MR) is 75.8 cm³/mol. The van der Waals surface area contributed by atoms with Crippen molar-refractivity contribution in [3.8, 4) is 0 Å². The normalized spacial score (nSPS) is 26.0.